The van der Waals surface area contributed by atoms with Crippen LogP contribution >= 0.6 is 0 Å². The van der Waals surface area contributed by atoms with Crippen LogP contribution in [0.3, 0.4) is 0 Å². The molecule has 0 radical (unpaired) electrons. The Labute approximate surface area is 558 Å². The molecule has 2 heteroatoms. The first kappa shape index (κ1) is 57.1. The molecule has 0 unspecified atom stereocenters. The van der Waals surface area contributed by atoms with Gasteiger partial charge in [-0.15, -0.1) is 0 Å². The molecule has 0 bridgehead atoms. The molecule has 0 amide bonds. The van der Waals surface area contributed by atoms with Crippen LogP contribution in [0.5, 0.6) is 0 Å². The van der Waals surface area contributed by atoms with Gasteiger partial charge in [0.25, 0.3) is 0 Å². The Morgan fingerprint density at radius 3 is 0.674 bits per heavy atom. The fourth-order valence-electron chi connectivity index (χ4n) is 16.0. The number of nitrogens with zero attached hydrogens (tertiary/aromatic N) is 2. The third-order valence-electron chi connectivity index (χ3n) is 20.4. The highest BCUT2D eigenvalue weighted by molar-refractivity contribution is 5.94. The van der Waals surface area contributed by atoms with Crippen LogP contribution in [0.1, 0.15) is 91.7 Å². The Balaban J connectivity index is 0.698. The van der Waals surface area contributed by atoms with Crippen molar-refractivity contribution in [2.75, 3.05) is 9.80 Å². The van der Waals surface area contributed by atoms with E-state index in [1.807, 2.05) is 0 Å². The quantitative estimate of drug-likeness (QED) is 0.100. The van der Waals surface area contributed by atoms with Gasteiger partial charge in [0, 0.05) is 39.5 Å². The summed E-state index contributed by atoms with van der Waals surface area (Å²) in [5, 5.41) is 0. The SMILES string of the molecule is CC1(C)c2cc(C=Cc3ccc4c(c3)C(c3ccccc3)(c3ccccc3)c3cc(N(c5ccccc5)c5ccccc5)ccc3-4)ccc2-c2ccc(C=Cc3ccc4c(c3)C(c3ccccc3)(c3ccccc3)c3cc(N(c5ccccc5)c5ccccc5)ccc3-4)cc21. The summed E-state index contributed by atoms with van der Waals surface area (Å²) in [6, 6.07) is 130. The summed E-state index contributed by atoms with van der Waals surface area (Å²) in [4.78, 5) is 4.76. The van der Waals surface area contributed by atoms with Crippen molar-refractivity contribution in [2.24, 2.45) is 0 Å². The van der Waals surface area contributed by atoms with E-state index < -0.39 is 10.8 Å². The van der Waals surface area contributed by atoms with E-state index in [0.717, 1.165) is 45.3 Å². The van der Waals surface area contributed by atoms with E-state index in [1.165, 1.54) is 100 Å². The molecule has 95 heavy (non-hydrogen) atoms. The fourth-order valence-corrected chi connectivity index (χ4v) is 16.0. The maximum Gasteiger partial charge on any atom is 0.0714 e. The molecule has 0 saturated heterocycles. The second-order valence-electron chi connectivity index (χ2n) is 25.9. The molecule has 0 atom stereocenters. The van der Waals surface area contributed by atoms with Gasteiger partial charge in [-0.1, -0.05) is 305 Å². The van der Waals surface area contributed by atoms with Crippen LogP contribution in [0.25, 0.3) is 57.7 Å². The topological polar surface area (TPSA) is 6.48 Å². The van der Waals surface area contributed by atoms with Gasteiger partial charge in [-0.05, 0) is 196 Å². The third-order valence-corrected chi connectivity index (χ3v) is 20.4. The van der Waals surface area contributed by atoms with Crippen molar-refractivity contribution >= 4 is 58.4 Å². The molecule has 0 saturated carbocycles. The minimum atomic E-state index is -0.589. The normalized spacial score (nSPS) is 14.0. The summed E-state index contributed by atoms with van der Waals surface area (Å²) in [6.07, 6.45) is 9.24. The van der Waals surface area contributed by atoms with Crippen LogP contribution in [-0.4, -0.2) is 0 Å². The van der Waals surface area contributed by atoms with Crippen molar-refractivity contribution in [3.63, 3.8) is 0 Å². The Kier molecular flexibility index (Phi) is 14.0. The first-order chi connectivity index (χ1) is 46.8. The van der Waals surface area contributed by atoms with Crippen molar-refractivity contribution in [3.8, 4) is 33.4 Å². The maximum atomic E-state index is 2.45. The molecule has 0 spiro atoms. The average molecular weight is 1210 g/mol. The minimum absolute atomic E-state index is 0.224. The van der Waals surface area contributed by atoms with Crippen LogP contribution in [0, 0.1) is 0 Å². The van der Waals surface area contributed by atoms with Crippen molar-refractivity contribution in [1.82, 2.24) is 0 Å². The first-order valence-electron chi connectivity index (χ1n) is 33.1. The summed E-state index contributed by atoms with van der Waals surface area (Å²) in [7, 11) is 0. The predicted molar refractivity (Wildman–Crippen MR) is 399 cm³/mol. The maximum absolute atomic E-state index is 2.45. The van der Waals surface area contributed by atoms with Gasteiger partial charge in [-0.2, -0.15) is 0 Å². The second kappa shape index (κ2) is 23.4. The smallest absolute Gasteiger partial charge is 0.0714 e. The van der Waals surface area contributed by atoms with Crippen LogP contribution in [-0.2, 0) is 16.2 Å². The fraction of sp³-hybridized carbons (Fsp3) is 0.0538. The van der Waals surface area contributed by atoms with E-state index in [2.05, 4.69) is 400 Å². The van der Waals surface area contributed by atoms with E-state index in [0.29, 0.717) is 0 Å². The number of hydrogen-bond acceptors (Lipinski definition) is 2. The van der Waals surface area contributed by atoms with Gasteiger partial charge in [-0.3, -0.25) is 0 Å². The van der Waals surface area contributed by atoms with Gasteiger partial charge in [0.15, 0.2) is 0 Å². The molecular weight excluding hydrogens is 1150 g/mol. The average Bonchev–Trinajstić information content (AvgIpc) is 1.56. The first-order valence-corrected chi connectivity index (χ1v) is 33.1. The zero-order valence-corrected chi connectivity index (χ0v) is 53.2. The highest BCUT2D eigenvalue weighted by Gasteiger charge is 2.48. The van der Waals surface area contributed by atoms with Crippen LogP contribution in [0.15, 0.2) is 352 Å². The van der Waals surface area contributed by atoms with Crippen molar-refractivity contribution in [1.29, 1.82) is 0 Å². The van der Waals surface area contributed by atoms with E-state index in [4.69, 9.17) is 0 Å². The molecule has 0 N–H and O–H groups in total. The van der Waals surface area contributed by atoms with Gasteiger partial charge in [0.1, 0.15) is 0 Å². The third kappa shape index (κ3) is 9.47. The molecule has 17 rings (SSSR count). The number of para-hydroxylation sites is 4. The van der Waals surface area contributed by atoms with E-state index in [-0.39, 0.29) is 5.41 Å². The second-order valence-corrected chi connectivity index (χ2v) is 25.9. The molecule has 0 aromatic heterocycles. The molecule has 0 aliphatic heterocycles. The Bertz CT molecular complexity index is 4740. The molecule has 450 valence electrons. The van der Waals surface area contributed by atoms with Gasteiger partial charge >= 0.3 is 0 Å². The standard InChI is InChI=1S/C93H68N2/c1-91(2)85-59-65(43-45-67-49-55-81-83-57-51-77(94(73-35-19-7-20-36-73)74-37-21-8-22-38-74)63-89(83)92(87(81)61-67,69-27-11-3-12-28-69)70-29-13-4-14-30-70)47-53-79(85)80-54-48-66(60-86(80)91)44-46-68-50-56-82-84-58-52-78(95(75-39-23-9-24-40-75)76-41-25-10-26-42-76)64-90(84)93(88(82)62-68,71-31-15-5-16-32-71)72-33-17-6-18-34-72/h3-64H,1-2H3. The highest BCUT2D eigenvalue weighted by Crippen LogP contribution is 2.60. The van der Waals surface area contributed by atoms with Gasteiger partial charge in [0.05, 0.1) is 10.8 Å². The molecule has 3 aliphatic carbocycles. The van der Waals surface area contributed by atoms with Crippen LogP contribution in [0.4, 0.5) is 34.1 Å². The van der Waals surface area contributed by atoms with Crippen LogP contribution < -0.4 is 9.80 Å². The summed E-state index contributed by atoms with van der Waals surface area (Å²) >= 11 is 0. The number of anilines is 6. The lowest BCUT2D eigenvalue weighted by Crippen LogP contribution is -2.28. The summed E-state index contributed by atoms with van der Waals surface area (Å²) in [6.45, 7) is 4.78. The minimum Gasteiger partial charge on any atom is -0.310 e. The lowest BCUT2D eigenvalue weighted by atomic mass is 9.67. The zero-order valence-electron chi connectivity index (χ0n) is 53.2. The highest BCUT2D eigenvalue weighted by atomic mass is 15.1. The van der Waals surface area contributed by atoms with Crippen LogP contribution in [0.2, 0.25) is 0 Å². The van der Waals surface area contributed by atoms with E-state index in [1.54, 1.807) is 0 Å². The molecular formula is C93H68N2. The van der Waals surface area contributed by atoms with Gasteiger partial charge in [-0.25, -0.2) is 0 Å². The molecule has 3 aliphatic rings. The summed E-state index contributed by atoms with van der Waals surface area (Å²) < 4.78 is 0. The largest absolute Gasteiger partial charge is 0.310 e. The number of fused-ring (bicyclic) bond motifs is 9. The number of rotatable bonds is 14. The molecule has 0 fully saturated rings. The predicted octanol–water partition coefficient (Wildman–Crippen LogP) is 24.0. The van der Waals surface area contributed by atoms with Gasteiger partial charge < -0.3 is 9.80 Å². The lowest BCUT2D eigenvalue weighted by Gasteiger charge is -2.35. The lowest BCUT2D eigenvalue weighted by molar-refractivity contribution is 0.660. The van der Waals surface area contributed by atoms with E-state index in [9.17, 15) is 0 Å². The summed E-state index contributed by atoms with van der Waals surface area (Å²) in [5.74, 6) is 0. The monoisotopic (exact) mass is 1210 g/mol. The molecule has 2 nitrogen and oxygen atoms in total. The molecule has 14 aromatic carbocycles. The Morgan fingerprint density at radius 2 is 0.411 bits per heavy atom. The summed E-state index contributed by atoms with van der Waals surface area (Å²) in [5.41, 5.74) is 30.3. The van der Waals surface area contributed by atoms with Gasteiger partial charge in [0.2, 0.25) is 0 Å². The Morgan fingerprint density at radius 1 is 0.200 bits per heavy atom. The van der Waals surface area contributed by atoms with Crippen molar-refractivity contribution in [2.45, 2.75) is 30.1 Å². The number of hydrogen-bond donors (Lipinski definition) is 0. The molecule has 14 aromatic rings. The van der Waals surface area contributed by atoms with Crippen molar-refractivity contribution < 1.29 is 0 Å². The van der Waals surface area contributed by atoms with E-state index >= 15 is 0 Å². The van der Waals surface area contributed by atoms with Crippen molar-refractivity contribution in [3.05, 3.63) is 430 Å². The Hall–Kier alpha value is -11.8. The zero-order chi connectivity index (χ0) is 63.5. The molecule has 0 heterocycles. The number of benzene rings is 14.